The minimum Gasteiger partial charge on any atom is -0.435 e. The zero-order valence-electron chi connectivity index (χ0n) is 11.7. The summed E-state index contributed by atoms with van der Waals surface area (Å²) >= 11 is 6.09. The Morgan fingerprint density at radius 3 is 2.41 bits per heavy atom. The number of hydrogen-bond acceptors (Lipinski definition) is 4. The molecule has 0 N–H and O–H groups in total. The summed E-state index contributed by atoms with van der Waals surface area (Å²) in [7, 11) is 0. The summed E-state index contributed by atoms with van der Waals surface area (Å²) in [5.41, 5.74) is 1.78. The lowest BCUT2D eigenvalue weighted by molar-refractivity contribution is -0.0498. The molecule has 0 fully saturated rings. The molecule has 0 radical (unpaired) electrons. The van der Waals surface area contributed by atoms with E-state index < -0.39 is 6.61 Å². The summed E-state index contributed by atoms with van der Waals surface area (Å²) in [5, 5.41) is 0.280. The van der Waals surface area contributed by atoms with Crippen molar-refractivity contribution in [3.05, 3.63) is 41.1 Å². The minimum atomic E-state index is -2.85. The number of halogens is 3. The molecule has 0 aliphatic rings. The number of imidazole rings is 1. The van der Waals surface area contributed by atoms with Gasteiger partial charge in [0.2, 0.25) is 0 Å². The Hall–Kier alpha value is -2.28. The Morgan fingerprint density at radius 1 is 1.09 bits per heavy atom. The average Bonchev–Trinajstić information content (AvgIpc) is 2.76. The normalized spacial score (nSPS) is 11.4. The molecule has 0 bridgehead atoms. The smallest absolute Gasteiger partial charge is 0.387 e. The van der Waals surface area contributed by atoms with Crippen molar-refractivity contribution in [3.63, 3.8) is 0 Å². The molecule has 0 unspecified atom stereocenters. The molecule has 2 heterocycles. The number of fused-ring (bicyclic) bond motifs is 1. The molecule has 0 saturated heterocycles. The lowest BCUT2D eigenvalue weighted by Crippen LogP contribution is -2.03. The van der Waals surface area contributed by atoms with Crippen LogP contribution in [0.15, 0.2) is 24.3 Å². The number of nitrogens with zero attached hydrogens (tertiary/aromatic N) is 4. The first-order valence-electron chi connectivity index (χ1n) is 6.40. The molecule has 3 rings (SSSR count). The lowest BCUT2D eigenvalue weighted by Gasteiger charge is -2.08. The fraction of sp³-hybridized carbons (Fsp3) is 0.214. The highest BCUT2D eigenvalue weighted by atomic mass is 35.5. The number of rotatable bonds is 3. The molecule has 114 valence electrons. The fourth-order valence-electron chi connectivity index (χ4n) is 2.22. The van der Waals surface area contributed by atoms with E-state index >= 15 is 0 Å². The van der Waals surface area contributed by atoms with E-state index in [0.717, 1.165) is 5.69 Å². The van der Waals surface area contributed by atoms with Gasteiger partial charge in [-0.05, 0) is 38.1 Å². The molecule has 0 aliphatic carbocycles. The predicted octanol–water partition coefficient (Wildman–Crippen LogP) is 3.69. The Kier molecular flexibility index (Phi) is 3.66. The molecular formula is C14H11ClF2N4O. The minimum absolute atomic E-state index is 0.0877. The van der Waals surface area contributed by atoms with Crippen molar-refractivity contribution < 1.29 is 13.5 Å². The molecule has 3 aromatic rings. The summed E-state index contributed by atoms with van der Waals surface area (Å²) in [6.07, 6.45) is 0. The Labute approximate surface area is 129 Å². The molecule has 1 aromatic carbocycles. The Morgan fingerprint density at radius 2 is 1.77 bits per heavy atom. The van der Waals surface area contributed by atoms with Crippen LogP contribution in [-0.2, 0) is 0 Å². The zero-order valence-corrected chi connectivity index (χ0v) is 12.5. The number of aromatic nitrogens is 4. The fourth-order valence-corrected chi connectivity index (χ4v) is 2.47. The quantitative estimate of drug-likeness (QED) is 0.689. The van der Waals surface area contributed by atoms with Crippen LogP contribution in [0.25, 0.3) is 16.9 Å². The molecule has 0 saturated carbocycles. The largest absolute Gasteiger partial charge is 0.435 e. The maximum Gasteiger partial charge on any atom is 0.387 e. The van der Waals surface area contributed by atoms with Gasteiger partial charge in [-0.3, -0.25) is 4.57 Å². The van der Waals surface area contributed by atoms with Gasteiger partial charge >= 0.3 is 6.61 Å². The number of ether oxygens (including phenoxy) is 1. The van der Waals surface area contributed by atoms with Gasteiger partial charge in [0.05, 0.1) is 0 Å². The highest BCUT2D eigenvalue weighted by Gasteiger charge is 2.15. The third kappa shape index (κ3) is 2.59. The van der Waals surface area contributed by atoms with E-state index in [1.807, 2.05) is 0 Å². The molecule has 8 heteroatoms. The van der Waals surface area contributed by atoms with Crippen molar-refractivity contribution in [2.24, 2.45) is 0 Å². The van der Waals surface area contributed by atoms with E-state index in [9.17, 15) is 8.78 Å². The van der Waals surface area contributed by atoms with Crippen molar-refractivity contribution in [1.29, 1.82) is 0 Å². The molecule has 5 nitrogen and oxygen atoms in total. The van der Waals surface area contributed by atoms with Gasteiger partial charge in [-0.1, -0.05) is 11.6 Å². The van der Waals surface area contributed by atoms with Gasteiger partial charge < -0.3 is 4.74 Å². The van der Waals surface area contributed by atoms with Crippen LogP contribution < -0.4 is 4.74 Å². The molecule has 0 atom stereocenters. The summed E-state index contributed by atoms with van der Waals surface area (Å²) < 4.78 is 30.5. The van der Waals surface area contributed by atoms with Gasteiger partial charge in [-0.2, -0.15) is 8.78 Å². The number of aryl methyl sites for hydroxylation is 2. The second-order valence-electron chi connectivity index (χ2n) is 4.60. The van der Waals surface area contributed by atoms with Crippen molar-refractivity contribution in [2.75, 3.05) is 0 Å². The first kappa shape index (κ1) is 14.6. The predicted molar refractivity (Wildman–Crippen MR) is 77.8 cm³/mol. The SMILES string of the molecule is Cc1nc(Cl)c2nc(C)n(-c3ccc(OC(F)F)cc3)c2n1. The van der Waals surface area contributed by atoms with Gasteiger partial charge in [0.25, 0.3) is 0 Å². The van der Waals surface area contributed by atoms with Crippen LogP contribution in [0.3, 0.4) is 0 Å². The third-order valence-electron chi connectivity index (χ3n) is 3.06. The number of hydrogen-bond donors (Lipinski definition) is 0. The van der Waals surface area contributed by atoms with Crippen LogP contribution in [-0.4, -0.2) is 26.1 Å². The maximum atomic E-state index is 12.2. The van der Waals surface area contributed by atoms with E-state index in [1.54, 1.807) is 30.5 Å². The molecule has 22 heavy (non-hydrogen) atoms. The van der Waals surface area contributed by atoms with Crippen molar-refractivity contribution in [3.8, 4) is 11.4 Å². The van der Waals surface area contributed by atoms with Gasteiger partial charge in [0.15, 0.2) is 10.8 Å². The number of alkyl halides is 2. The maximum absolute atomic E-state index is 12.2. The van der Waals surface area contributed by atoms with Crippen LogP contribution in [0.2, 0.25) is 5.15 Å². The van der Waals surface area contributed by atoms with Crippen LogP contribution in [0.5, 0.6) is 5.75 Å². The van der Waals surface area contributed by atoms with Crippen molar-refractivity contribution in [2.45, 2.75) is 20.5 Å². The molecule has 0 amide bonds. The second-order valence-corrected chi connectivity index (χ2v) is 4.96. The topological polar surface area (TPSA) is 52.8 Å². The van der Waals surface area contributed by atoms with Crippen LogP contribution in [0, 0.1) is 13.8 Å². The van der Waals surface area contributed by atoms with Crippen molar-refractivity contribution >= 4 is 22.8 Å². The molecular weight excluding hydrogens is 314 g/mol. The van der Waals surface area contributed by atoms with Crippen LogP contribution in [0.1, 0.15) is 11.6 Å². The first-order chi connectivity index (χ1) is 10.5. The molecule has 0 aliphatic heterocycles. The van der Waals surface area contributed by atoms with Crippen molar-refractivity contribution in [1.82, 2.24) is 19.5 Å². The van der Waals surface area contributed by atoms with Gasteiger partial charge in [0.1, 0.15) is 22.9 Å². The standard InChI is InChI=1S/C14H11ClF2N4O/c1-7-18-12(15)11-13(19-7)21(8(2)20-11)9-3-5-10(6-4-9)22-14(16)17/h3-6,14H,1-2H3. The van der Waals surface area contributed by atoms with Gasteiger partial charge in [-0.15, -0.1) is 0 Å². The Balaban J connectivity index is 2.11. The van der Waals surface area contributed by atoms with Gasteiger partial charge in [0, 0.05) is 5.69 Å². The van der Waals surface area contributed by atoms with E-state index in [1.165, 1.54) is 12.1 Å². The first-order valence-corrected chi connectivity index (χ1v) is 6.78. The second kappa shape index (κ2) is 5.49. The van der Waals surface area contributed by atoms with E-state index in [2.05, 4.69) is 19.7 Å². The lowest BCUT2D eigenvalue weighted by atomic mass is 10.3. The zero-order chi connectivity index (χ0) is 15.9. The van der Waals surface area contributed by atoms with Crippen LogP contribution >= 0.6 is 11.6 Å². The Bertz CT molecular complexity index is 833. The van der Waals surface area contributed by atoms with E-state index in [0.29, 0.717) is 22.8 Å². The summed E-state index contributed by atoms with van der Waals surface area (Å²) in [6, 6.07) is 6.22. The average molecular weight is 325 g/mol. The third-order valence-corrected chi connectivity index (χ3v) is 3.33. The summed E-state index contributed by atoms with van der Waals surface area (Å²) in [4.78, 5) is 12.8. The van der Waals surface area contributed by atoms with E-state index in [4.69, 9.17) is 11.6 Å². The number of benzene rings is 1. The molecule has 2 aromatic heterocycles. The summed E-state index contributed by atoms with van der Waals surface area (Å²) in [5.74, 6) is 1.28. The monoisotopic (exact) mass is 324 g/mol. The van der Waals surface area contributed by atoms with E-state index in [-0.39, 0.29) is 10.9 Å². The highest BCUT2D eigenvalue weighted by Crippen LogP contribution is 2.25. The highest BCUT2D eigenvalue weighted by molar-refractivity contribution is 6.33. The summed E-state index contributed by atoms with van der Waals surface area (Å²) in [6.45, 7) is 0.685. The molecule has 0 spiro atoms. The van der Waals surface area contributed by atoms with Crippen LogP contribution in [0.4, 0.5) is 8.78 Å². The van der Waals surface area contributed by atoms with Gasteiger partial charge in [-0.25, -0.2) is 15.0 Å².